The molecule has 0 bridgehead atoms. The van der Waals surface area contributed by atoms with Crippen LogP contribution in [0.2, 0.25) is 0 Å². The molecule has 0 amide bonds. The van der Waals surface area contributed by atoms with Crippen molar-refractivity contribution >= 4 is 20.7 Å². The lowest BCUT2D eigenvalue weighted by atomic mass is 10.2. The monoisotopic (exact) mass is 355 g/mol. The van der Waals surface area contributed by atoms with Crippen molar-refractivity contribution in [3.63, 3.8) is 0 Å². The van der Waals surface area contributed by atoms with Crippen LogP contribution in [0.4, 0.5) is 0 Å². The third-order valence-electron chi connectivity index (χ3n) is 3.58. The van der Waals surface area contributed by atoms with Gasteiger partial charge in [-0.25, -0.2) is 8.42 Å². The average Bonchev–Trinajstić information content (AvgIpc) is 2.62. The van der Waals surface area contributed by atoms with Crippen LogP contribution >= 0.6 is 0 Å². The molecule has 4 heteroatoms. The molecule has 0 fully saturated rings. The summed E-state index contributed by atoms with van der Waals surface area (Å²) in [4.78, 5) is 2.11. The van der Waals surface area contributed by atoms with E-state index in [4.69, 9.17) is 0 Å². The van der Waals surface area contributed by atoms with E-state index in [1.807, 2.05) is 91.0 Å². The standard InChI is InChI=1S/C20H19O2S2/c21-24(22,16-18-10-4-1-5-11-18)17-23(19-12-6-2-7-13-19)20-14-8-3-9-15-20/h1-15H,16-17H2/q+1. The SMILES string of the molecule is O=S(=O)(Cc1ccccc1)C[S+](c1ccccc1)c1ccccc1. The van der Waals surface area contributed by atoms with Gasteiger partial charge in [-0.1, -0.05) is 66.7 Å². The zero-order chi connectivity index (χ0) is 16.8. The van der Waals surface area contributed by atoms with Crippen LogP contribution in [0.15, 0.2) is 101 Å². The molecule has 3 rings (SSSR count). The van der Waals surface area contributed by atoms with E-state index < -0.39 is 20.7 Å². The maximum atomic E-state index is 12.8. The first-order chi connectivity index (χ1) is 11.6. The van der Waals surface area contributed by atoms with Crippen LogP contribution in [-0.2, 0) is 26.5 Å². The highest BCUT2D eigenvalue weighted by Gasteiger charge is 2.31. The maximum absolute atomic E-state index is 12.8. The molecule has 0 heterocycles. The molecule has 0 aliphatic rings. The minimum absolute atomic E-state index is 0.0804. The van der Waals surface area contributed by atoms with Gasteiger partial charge in [0.05, 0.1) is 16.6 Å². The summed E-state index contributed by atoms with van der Waals surface area (Å²) in [6.07, 6.45) is 0. The van der Waals surface area contributed by atoms with Crippen molar-refractivity contribution in [1.82, 2.24) is 0 Å². The molecule has 0 saturated heterocycles. The van der Waals surface area contributed by atoms with E-state index >= 15 is 0 Å². The van der Waals surface area contributed by atoms with Crippen molar-refractivity contribution in [3.05, 3.63) is 96.6 Å². The predicted molar refractivity (Wildman–Crippen MR) is 101 cm³/mol. The Hall–Kier alpha value is -2.04. The van der Waals surface area contributed by atoms with Crippen LogP contribution in [-0.4, -0.2) is 13.5 Å². The smallest absolute Gasteiger partial charge is 0.218 e. The van der Waals surface area contributed by atoms with E-state index in [2.05, 4.69) is 0 Å². The Morgan fingerprint density at radius 3 is 1.50 bits per heavy atom. The molecule has 3 aromatic carbocycles. The van der Waals surface area contributed by atoms with E-state index in [1.54, 1.807) is 0 Å². The lowest BCUT2D eigenvalue weighted by molar-refractivity contribution is 0.600. The van der Waals surface area contributed by atoms with Gasteiger partial charge in [-0.05, 0) is 29.8 Å². The number of hydrogen-bond donors (Lipinski definition) is 0. The van der Waals surface area contributed by atoms with Gasteiger partial charge in [-0.2, -0.15) is 0 Å². The highest BCUT2D eigenvalue weighted by molar-refractivity contribution is 8.10. The van der Waals surface area contributed by atoms with Crippen molar-refractivity contribution in [1.29, 1.82) is 0 Å². The van der Waals surface area contributed by atoms with Crippen LogP contribution in [0.25, 0.3) is 0 Å². The molecule has 0 aliphatic heterocycles. The van der Waals surface area contributed by atoms with E-state index in [0.29, 0.717) is 0 Å². The van der Waals surface area contributed by atoms with E-state index in [0.717, 1.165) is 15.4 Å². The predicted octanol–water partition coefficient (Wildman–Crippen LogP) is 4.30. The summed E-state index contributed by atoms with van der Waals surface area (Å²) in [5.74, 6) is 0.0804. The molecule has 0 unspecified atom stereocenters. The summed E-state index contributed by atoms with van der Waals surface area (Å²) in [6, 6.07) is 29.1. The second-order valence-corrected chi connectivity index (χ2v) is 9.95. The minimum atomic E-state index is -3.22. The Labute approximate surface area is 146 Å². The lowest BCUT2D eigenvalue weighted by Gasteiger charge is -2.09. The van der Waals surface area contributed by atoms with Crippen molar-refractivity contribution < 1.29 is 8.42 Å². The minimum Gasteiger partial charge on any atom is -0.224 e. The number of hydrogen-bond acceptors (Lipinski definition) is 2. The molecule has 0 radical (unpaired) electrons. The normalized spacial score (nSPS) is 11.5. The molecule has 0 saturated carbocycles. The van der Waals surface area contributed by atoms with Gasteiger partial charge >= 0.3 is 0 Å². The topological polar surface area (TPSA) is 34.1 Å². The van der Waals surface area contributed by atoms with Crippen molar-refractivity contribution in [2.45, 2.75) is 15.5 Å². The van der Waals surface area contributed by atoms with Crippen LogP contribution in [0.1, 0.15) is 5.56 Å². The summed E-state index contributed by atoms with van der Waals surface area (Å²) in [5, 5.41) is 0.135. The third kappa shape index (κ3) is 4.49. The fourth-order valence-corrected chi connectivity index (χ4v) is 7.29. The Balaban J connectivity index is 1.89. The summed E-state index contributed by atoms with van der Waals surface area (Å²) < 4.78 is 25.5. The molecular weight excluding hydrogens is 336 g/mol. The molecule has 3 aromatic rings. The summed E-state index contributed by atoms with van der Waals surface area (Å²) in [7, 11) is -3.70. The molecule has 0 N–H and O–H groups in total. The second-order valence-electron chi connectivity index (χ2n) is 5.51. The molecule has 0 aliphatic carbocycles. The van der Waals surface area contributed by atoms with Gasteiger partial charge in [0, 0.05) is 0 Å². The van der Waals surface area contributed by atoms with Gasteiger partial charge < -0.3 is 0 Å². The van der Waals surface area contributed by atoms with E-state index in [9.17, 15) is 8.42 Å². The summed E-state index contributed by atoms with van der Waals surface area (Å²) in [5.41, 5.74) is 0.835. The largest absolute Gasteiger partial charge is 0.224 e. The Morgan fingerprint density at radius 2 is 1.04 bits per heavy atom. The first-order valence-electron chi connectivity index (χ1n) is 7.69. The van der Waals surface area contributed by atoms with E-state index in [1.165, 1.54) is 0 Å². The molecular formula is C20H19O2S2+. The van der Waals surface area contributed by atoms with E-state index in [-0.39, 0.29) is 10.8 Å². The van der Waals surface area contributed by atoms with Crippen LogP contribution in [0, 0.1) is 0 Å². The molecule has 24 heavy (non-hydrogen) atoms. The first kappa shape index (κ1) is 16.8. The van der Waals surface area contributed by atoms with Gasteiger partial charge in [-0.15, -0.1) is 0 Å². The Bertz CT molecular complexity index is 822. The third-order valence-corrected chi connectivity index (χ3v) is 8.42. The van der Waals surface area contributed by atoms with Crippen LogP contribution in [0.3, 0.4) is 0 Å². The quantitative estimate of drug-likeness (QED) is 0.618. The van der Waals surface area contributed by atoms with Crippen molar-refractivity contribution in [2.24, 2.45) is 0 Å². The average molecular weight is 356 g/mol. The number of rotatable bonds is 6. The fourth-order valence-electron chi connectivity index (χ4n) is 2.49. The van der Waals surface area contributed by atoms with Gasteiger partial charge in [0.25, 0.3) is 0 Å². The highest BCUT2D eigenvalue weighted by atomic mass is 32.3. The molecule has 0 atom stereocenters. The molecule has 122 valence electrons. The first-order valence-corrected chi connectivity index (χ1v) is 10.9. The summed E-state index contributed by atoms with van der Waals surface area (Å²) in [6.45, 7) is 0. The van der Waals surface area contributed by atoms with Crippen LogP contribution in [0.5, 0.6) is 0 Å². The molecule has 2 nitrogen and oxygen atoms in total. The highest BCUT2D eigenvalue weighted by Crippen LogP contribution is 2.25. The van der Waals surface area contributed by atoms with Gasteiger partial charge in [0.1, 0.15) is 0 Å². The zero-order valence-corrected chi connectivity index (χ0v) is 14.8. The van der Waals surface area contributed by atoms with Crippen molar-refractivity contribution in [3.8, 4) is 0 Å². The van der Waals surface area contributed by atoms with Gasteiger partial charge in [-0.3, -0.25) is 0 Å². The lowest BCUT2D eigenvalue weighted by Crippen LogP contribution is -2.19. The molecule has 0 aromatic heterocycles. The fraction of sp³-hybridized carbons (Fsp3) is 0.100. The zero-order valence-electron chi connectivity index (χ0n) is 13.2. The second kappa shape index (κ2) is 7.69. The number of benzene rings is 3. The van der Waals surface area contributed by atoms with Gasteiger partial charge in [0.2, 0.25) is 14.9 Å². The van der Waals surface area contributed by atoms with Crippen LogP contribution < -0.4 is 0 Å². The Morgan fingerprint density at radius 1 is 0.625 bits per heavy atom. The summed E-state index contributed by atoms with van der Waals surface area (Å²) >= 11 is 0. The molecule has 0 spiro atoms. The maximum Gasteiger partial charge on any atom is 0.218 e. The number of sulfone groups is 1. The Kier molecular flexibility index (Phi) is 5.38. The van der Waals surface area contributed by atoms with Crippen molar-refractivity contribution in [2.75, 3.05) is 5.08 Å². The van der Waals surface area contributed by atoms with Gasteiger partial charge in [0.15, 0.2) is 9.79 Å².